The molecule has 1 aromatic heterocycles. The van der Waals surface area contributed by atoms with Gasteiger partial charge < -0.3 is 4.57 Å². The highest BCUT2D eigenvalue weighted by Gasteiger charge is 2.37. The molecule has 3 aromatic rings. The van der Waals surface area contributed by atoms with Crippen LogP contribution in [0.2, 0.25) is 5.02 Å². The maximum atomic E-state index is 13.2. The van der Waals surface area contributed by atoms with Crippen LogP contribution in [0.1, 0.15) is 17.0 Å². The zero-order valence-corrected chi connectivity index (χ0v) is 17.4. The Balaban J connectivity index is 1.75. The summed E-state index contributed by atoms with van der Waals surface area (Å²) in [6.45, 7) is 3.77. The average Bonchev–Trinajstić information content (AvgIpc) is 3.00. The number of rotatable bonds is 3. The molecule has 0 unspecified atom stereocenters. The second kappa shape index (κ2) is 7.85. The van der Waals surface area contributed by atoms with Gasteiger partial charge in [0.15, 0.2) is 0 Å². The van der Waals surface area contributed by atoms with Crippen LogP contribution < -0.4 is 10.2 Å². The number of halogens is 2. The predicted octanol–water partition coefficient (Wildman–Crippen LogP) is 4.55. The summed E-state index contributed by atoms with van der Waals surface area (Å²) in [5.41, 5.74) is 3.19. The Morgan fingerprint density at radius 3 is 2.19 bits per heavy atom. The standard InChI is InChI=1S/C23H17ClFN3O3/c1-13-11-15(14(2)27(13)18-7-3-16(24)4-8-18)12-20-21(29)26-23(31)28(22(20)30)19-9-5-17(25)6-10-19/h3-12H,1-2H3,(H,26,29,31)/b20-12-. The quantitative estimate of drug-likeness (QED) is 0.482. The third kappa shape index (κ3) is 3.75. The molecular formula is C23H17ClFN3O3. The van der Waals surface area contributed by atoms with Crippen LogP contribution in [0.4, 0.5) is 14.9 Å². The Kier molecular flexibility index (Phi) is 5.20. The molecule has 0 saturated carbocycles. The maximum absolute atomic E-state index is 13.2. The van der Waals surface area contributed by atoms with Gasteiger partial charge in [-0.25, -0.2) is 14.1 Å². The molecule has 6 nitrogen and oxygen atoms in total. The predicted molar refractivity (Wildman–Crippen MR) is 116 cm³/mol. The number of carbonyl (C=O) groups is 3. The van der Waals surface area contributed by atoms with Crippen molar-refractivity contribution >= 4 is 41.2 Å². The third-order valence-electron chi connectivity index (χ3n) is 5.04. The number of amides is 4. The average molecular weight is 438 g/mol. The van der Waals surface area contributed by atoms with Gasteiger partial charge in [-0.05, 0) is 80.1 Å². The summed E-state index contributed by atoms with van der Waals surface area (Å²) in [5.74, 6) is -2.07. The molecule has 0 spiro atoms. The summed E-state index contributed by atoms with van der Waals surface area (Å²) in [5, 5.41) is 2.78. The Bertz CT molecular complexity index is 1240. The number of anilines is 1. The van der Waals surface area contributed by atoms with E-state index in [9.17, 15) is 18.8 Å². The molecule has 0 bridgehead atoms. The fourth-order valence-electron chi connectivity index (χ4n) is 3.56. The second-order valence-corrected chi connectivity index (χ2v) is 7.51. The number of aromatic nitrogens is 1. The van der Waals surface area contributed by atoms with Crippen LogP contribution in [0.5, 0.6) is 0 Å². The number of barbiturate groups is 1. The van der Waals surface area contributed by atoms with Gasteiger partial charge in [0.05, 0.1) is 5.69 Å². The molecule has 2 aromatic carbocycles. The van der Waals surface area contributed by atoms with Gasteiger partial charge in [-0.2, -0.15) is 0 Å². The van der Waals surface area contributed by atoms with Crippen molar-refractivity contribution in [3.05, 3.63) is 88.0 Å². The van der Waals surface area contributed by atoms with Gasteiger partial charge >= 0.3 is 6.03 Å². The van der Waals surface area contributed by atoms with Crippen molar-refractivity contribution in [1.29, 1.82) is 0 Å². The van der Waals surface area contributed by atoms with Crippen molar-refractivity contribution < 1.29 is 18.8 Å². The molecular weight excluding hydrogens is 421 g/mol. The number of carbonyl (C=O) groups excluding carboxylic acids is 3. The SMILES string of the molecule is Cc1cc(/C=C2/C(=O)NC(=O)N(c3ccc(F)cc3)C2=O)c(C)n1-c1ccc(Cl)cc1. The van der Waals surface area contributed by atoms with Crippen molar-refractivity contribution in [1.82, 2.24) is 9.88 Å². The topological polar surface area (TPSA) is 71.4 Å². The summed E-state index contributed by atoms with van der Waals surface area (Å²) in [6.07, 6.45) is 1.45. The van der Waals surface area contributed by atoms with Gasteiger partial charge in [0, 0.05) is 22.1 Å². The molecule has 1 aliphatic heterocycles. The lowest BCUT2D eigenvalue weighted by molar-refractivity contribution is -0.122. The number of hydrogen-bond acceptors (Lipinski definition) is 3. The summed E-state index contributed by atoms with van der Waals surface area (Å²) >= 11 is 5.98. The molecule has 1 saturated heterocycles. The van der Waals surface area contributed by atoms with E-state index < -0.39 is 23.7 Å². The Labute approximate surface area is 182 Å². The van der Waals surface area contributed by atoms with Gasteiger partial charge in [0.25, 0.3) is 11.8 Å². The monoisotopic (exact) mass is 437 g/mol. The molecule has 8 heteroatoms. The number of nitrogens with one attached hydrogen (secondary N) is 1. The van der Waals surface area contributed by atoms with Crippen LogP contribution >= 0.6 is 11.6 Å². The number of aryl methyl sites for hydroxylation is 1. The minimum Gasteiger partial charge on any atom is -0.318 e. The van der Waals surface area contributed by atoms with Crippen LogP contribution in [0.3, 0.4) is 0 Å². The third-order valence-corrected chi connectivity index (χ3v) is 5.29. The minimum atomic E-state index is -0.884. The largest absolute Gasteiger partial charge is 0.335 e. The van der Waals surface area contributed by atoms with Crippen LogP contribution in [0.25, 0.3) is 11.8 Å². The summed E-state index contributed by atoms with van der Waals surface area (Å²) in [6, 6.07) is 13.1. The summed E-state index contributed by atoms with van der Waals surface area (Å²) < 4.78 is 15.2. The van der Waals surface area contributed by atoms with E-state index in [4.69, 9.17) is 11.6 Å². The molecule has 2 heterocycles. The number of nitrogens with zero attached hydrogens (tertiary/aromatic N) is 2. The molecule has 4 rings (SSSR count). The van der Waals surface area contributed by atoms with E-state index in [0.717, 1.165) is 34.1 Å². The first-order valence-corrected chi connectivity index (χ1v) is 9.76. The molecule has 0 aliphatic carbocycles. The van der Waals surface area contributed by atoms with E-state index in [1.165, 1.54) is 18.2 Å². The van der Waals surface area contributed by atoms with Gasteiger partial charge in [0.1, 0.15) is 11.4 Å². The fraction of sp³-hybridized carbons (Fsp3) is 0.0870. The number of urea groups is 1. The normalized spacial score (nSPS) is 15.5. The molecule has 1 aliphatic rings. The molecule has 4 amide bonds. The van der Waals surface area contributed by atoms with E-state index in [0.29, 0.717) is 10.6 Å². The van der Waals surface area contributed by atoms with Crippen molar-refractivity contribution in [2.24, 2.45) is 0 Å². The van der Waals surface area contributed by atoms with Crippen LogP contribution in [0, 0.1) is 19.7 Å². The molecule has 156 valence electrons. The molecule has 31 heavy (non-hydrogen) atoms. The van der Waals surface area contributed by atoms with Crippen LogP contribution in [0.15, 0.2) is 60.2 Å². The highest BCUT2D eigenvalue weighted by atomic mass is 35.5. The van der Waals surface area contributed by atoms with Gasteiger partial charge in [0.2, 0.25) is 0 Å². The maximum Gasteiger partial charge on any atom is 0.335 e. The first kappa shape index (κ1) is 20.6. The van der Waals surface area contributed by atoms with Crippen molar-refractivity contribution in [3.63, 3.8) is 0 Å². The van der Waals surface area contributed by atoms with Crippen molar-refractivity contribution in [2.75, 3.05) is 4.90 Å². The Morgan fingerprint density at radius 1 is 0.935 bits per heavy atom. The Hall–Kier alpha value is -3.71. The van der Waals surface area contributed by atoms with E-state index in [1.54, 1.807) is 12.1 Å². The van der Waals surface area contributed by atoms with E-state index in [1.807, 2.05) is 36.6 Å². The zero-order valence-electron chi connectivity index (χ0n) is 16.6. The van der Waals surface area contributed by atoms with Crippen molar-refractivity contribution in [2.45, 2.75) is 13.8 Å². The number of hydrogen-bond donors (Lipinski definition) is 1. The summed E-state index contributed by atoms with van der Waals surface area (Å²) in [4.78, 5) is 38.5. The summed E-state index contributed by atoms with van der Waals surface area (Å²) in [7, 11) is 0. The minimum absolute atomic E-state index is 0.161. The smallest absolute Gasteiger partial charge is 0.318 e. The highest BCUT2D eigenvalue weighted by molar-refractivity contribution is 6.39. The van der Waals surface area contributed by atoms with Gasteiger partial charge in [-0.15, -0.1) is 0 Å². The number of benzene rings is 2. The fourth-order valence-corrected chi connectivity index (χ4v) is 3.68. The van der Waals surface area contributed by atoms with Crippen LogP contribution in [-0.4, -0.2) is 22.4 Å². The highest BCUT2D eigenvalue weighted by Crippen LogP contribution is 2.26. The zero-order chi connectivity index (χ0) is 22.3. The van der Waals surface area contributed by atoms with E-state index in [2.05, 4.69) is 5.32 Å². The lowest BCUT2D eigenvalue weighted by Gasteiger charge is -2.26. The lowest BCUT2D eigenvalue weighted by atomic mass is 10.1. The second-order valence-electron chi connectivity index (χ2n) is 7.07. The van der Waals surface area contributed by atoms with Gasteiger partial charge in [-0.1, -0.05) is 11.6 Å². The first-order chi connectivity index (χ1) is 14.8. The molecule has 1 N–H and O–H groups in total. The first-order valence-electron chi connectivity index (χ1n) is 9.38. The van der Waals surface area contributed by atoms with Crippen molar-refractivity contribution in [3.8, 4) is 5.69 Å². The molecule has 1 fully saturated rings. The Morgan fingerprint density at radius 2 is 1.55 bits per heavy atom. The number of imide groups is 2. The molecule has 0 atom stereocenters. The lowest BCUT2D eigenvalue weighted by Crippen LogP contribution is -2.54. The van der Waals surface area contributed by atoms with Crippen LogP contribution in [-0.2, 0) is 9.59 Å². The van der Waals surface area contributed by atoms with Gasteiger partial charge in [-0.3, -0.25) is 14.9 Å². The molecule has 0 radical (unpaired) electrons. The van der Waals surface area contributed by atoms with E-state index in [-0.39, 0.29) is 11.3 Å². The van der Waals surface area contributed by atoms with E-state index >= 15 is 0 Å².